The summed E-state index contributed by atoms with van der Waals surface area (Å²) in [5.74, 6) is 1.31. The Labute approximate surface area is 128 Å². The molecule has 2 unspecified atom stereocenters. The van der Waals surface area contributed by atoms with E-state index in [0.717, 1.165) is 24.4 Å². The second kappa shape index (κ2) is 6.03. The summed E-state index contributed by atoms with van der Waals surface area (Å²) < 4.78 is 0. The van der Waals surface area contributed by atoms with Crippen molar-refractivity contribution in [3.05, 3.63) is 11.8 Å². The molecule has 2 aliphatic rings. The molecule has 120 valence electrons. The quantitative estimate of drug-likeness (QED) is 0.411. The first kappa shape index (κ1) is 14.9. The van der Waals surface area contributed by atoms with Crippen LogP contribution in [0.5, 0.6) is 0 Å². The lowest BCUT2D eigenvalue weighted by molar-refractivity contribution is -0.124. The number of carbonyl (C=O) groups is 1. The van der Waals surface area contributed by atoms with Crippen LogP contribution >= 0.6 is 0 Å². The molecule has 2 atom stereocenters. The van der Waals surface area contributed by atoms with Crippen LogP contribution in [0.1, 0.15) is 31.4 Å². The Morgan fingerprint density at radius 3 is 2.77 bits per heavy atom. The van der Waals surface area contributed by atoms with Crippen LogP contribution in [0.3, 0.4) is 0 Å². The third-order valence-corrected chi connectivity index (χ3v) is 4.23. The fraction of sp³-hybridized carbons (Fsp3) is 0.615. The van der Waals surface area contributed by atoms with Crippen LogP contribution in [0.25, 0.3) is 0 Å². The Bertz CT molecular complexity index is 559. The molecule has 1 aliphatic carbocycles. The number of nitrogens with one attached hydrogen (secondary N) is 5. The van der Waals surface area contributed by atoms with Gasteiger partial charge in [0.1, 0.15) is 11.9 Å². The van der Waals surface area contributed by atoms with Crippen molar-refractivity contribution < 1.29 is 4.79 Å². The van der Waals surface area contributed by atoms with Crippen LogP contribution < -0.4 is 32.8 Å². The maximum Gasteiger partial charge on any atom is 0.240 e. The second-order valence-corrected chi connectivity index (χ2v) is 5.84. The van der Waals surface area contributed by atoms with Gasteiger partial charge in [0.15, 0.2) is 0 Å². The first-order chi connectivity index (χ1) is 10.6. The van der Waals surface area contributed by atoms with Crippen molar-refractivity contribution in [2.75, 3.05) is 18.1 Å². The predicted molar refractivity (Wildman–Crippen MR) is 82.6 cm³/mol. The summed E-state index contributed by atoms with van der Waals surface area (Å²) in [4.78, 5) is 20.5. The number of aromatic nitrogens is 2. The number of rotatable bonds is 4. The molecule has 3 rings (SSSR count). The third kappa shape index (κ3) is 2.96. The normalized spacial score (nSPS) is 30.6. The Kier molecular flexibility index (Phi) is 4.10. The van der Waals surface area contributed by atoms with E-state index >= 15 is 0 Å². The number of hydrogen-bond donors (Lipinski definition) is 6. The molecule has 9 nitrogen and oxygen atoms in total. The smallest absolute Gasteiger partial charge is 0.240 e. The number of hydrogen-bond acceptors (Lipinski definition) is 8. The van der Waals surface area contributed by atoms with Gasteiger partial charge in [-0.15, -0.1) is 0 Å². The van der Waals surface area contributed by atoms with Gasteiger partial charge in [0, 0.05) is 31.1 Å². The summed E-state index contributed by atoms with van der Waals surface area (Å²) in [6, 6.07) is 1.88. The summed E-state index contributed by atoms with van der Waals surface area (Å²) in [7, 11) is 1.80. The molecule has 0 aromatic carbocycles. The molecule has 1 aromatic heterocycles. The van der Waals surface area contributed by atoms with Gasteiger partial charge in [-0.25, -0.2) is 15.8 Å². The van der Waals surface area contributed by atoms with Crippen LogP contribution in [0.4, 0.5) is 11.8 Å². The molecule has 2 fully saturated rings. The molecule has 22 heavy (non-hydrogen) atoms. The molecule has 1 saturated heterocycles. The van der Waals surface area contributed by atoms with Crippen LogP contribution in [0, 0.1) is 0 Å². The van der Waals surface area contributed by atoms with Crippen molar-refractivity contribution in [1.82, 2.24) is 31.7 Å². The first-order valence-electron chi connectivity index (χ1n) is 7.45. The topological polar surface area (TPSA) is 129 Å². The summed E-state index contributed by atoms with van der Waals surface area (Å²) in [5.41, 5.74) is 15.3. The molecule has 2 heterocycles. The van der Waals surface area contributed by atoms with E-state index in [1.54, 1.807) is 7.05 Å². The van der Waals surface area contributed by atoms with Crippen LogP contribution in [-0.4, -0.2) is 41.0 Å². The Hall–Kier alpha value is -1.97. The third-order valence-electron chi connectivity index (χ3n) is 4.23. The monoisotopic (exact) mass is 306 g/mol. The highest BCUT2D eigenvalue weighted by Crippen LogP contribution is 2.36. The van der Waals surface area contributed by atoms with Gasteiger partial charge in [0.25, 0.3) is 0 Å². The minimum Gasteiger partial charge on any atom is -0.373 e. The molecule has 0 spiro atoms. The van der Waals surface area contributed by atoms with Gasteiger partial charge in [-0.1, -0.05) is 0 Å². The summed E-state index contributed by atoms with van der Waals surface area (Å²) in [5, 5.41) is 6.03. The molecule has 0 bridgehead atoms. The molecule has 1 saturated carbocycles. The van der Waals surface area contributed by atoms with Crippen molar-refractivity contribution in [1.29, 1.82) is 0 Å². The Balaban J connectivity index is 1.54. The van der Waals surface area contributed by atoms with Crippen molar-refractivity contribution in [2.24, 2.45) is 0 Å². The first-order valence-corrected chi connectivity index (χ1v) is 7.45. The fourth-order valence-electron chi connectivity index (χ4n) is 2.82. The van der Waals surface area contributed by atoms with Crippen molar-refractivity contribution >= 4 is 17.7 Å². The second-order valence-electron chi connectivity index (χ2n) is 5.84. The molecule has 1 aliphatic heterocycles. The number of nitrogens with two attached hydrogens (primary N) is 1. The van der Waals surface area contributed by atoms with Gasteiger partial charge in [-0.2, -0.15) is 10.5 Å². The highest BCUT2D eigenvalue weighted by Gasteiger charge is 2.36. The van der Waals surface area contributed by atoms with E-state index in [2.05, 4.69) is 37.0 Å². The minimum atomic E-state index is -0.260. The number of nitrogen functional groups attached to an aromatic ring is 1. The van der Waals surface area contributed by atoms with E-state index in [-0.39, 0.29) is 30.0 Å². The lowest BCUT2D eigenvalue weighted by Gasteiger charge is -2.36. The van der Waals surface area contributed by atoms with Crippen LogP contribution in [-0.2, 0) is 4.79 Å². The Morgan fingerprint density at radius 2 is 2.14 bits per heavy atom. The summed E-state index contributed by atoms with van der Waals surface area (Å²) >= 11 is 0. The van der Waals surface area contributed by atoms with Gasteiger partial charge in [-0.3, -0.25) is 4.79 Å². The number of hydrazine groups is 2. The SMILES string of the molecule is CNc1cc(C2CC(NC(=O)C3NNNC3C)C2)nc(N)n1. The number of carbonyl (C=O) groups excluding carboxylic acids is 1. The highest BCUT2D eigenvalue weighted by atomic mass is 16.2. The average molecular weight is 306 g/mol. The zero-order valence-electron chi connectivity index (χ0n) is 12.7. The van der Waals surface area contributed by atoms with Crippen LogP contribution in [0.2, 0.25) is 0 Å². The van der Waals surface area contributed by atoms with E-state index < -0.39 is 0 Å². The molecule has 9 heteroatoms. The maximum atomic E-state index is 12.1. The molecule has 1 amide bonds. The molecular formula is C13H22N8O. The zero-order chi connectivity index (χ0) is 15.7. The predicted octanol–water partition coefficient (Wildman–Crippen LogP) is -1.17. The maximum absolute atomic E-state index is 12.1. The van der Waals surface area contributed by atoms with Gasteiger partial charge < -0.3 is 16.4 Å². The lowest BCUT2D eigenvalue weighted by atomic mass is 9.78. The molecule has 7 N–H and O–H groups in total. The average Bonchev–Trinajstić information content (AvgIpc) is 2.87. The van der Waals surface area contributed by atoms with E-state index in [9.17, 15) is 4.79 Å². The highest BCUT2D eigenvalue weighted by molar-refractivity contribution is 5.83. The molecule has 0 radical (unpaired) electrons. The van der Waals surface area contributed by atoms with E-state index in [0.29, 0.717) is 5.92 Å². The van der Waals surface area contributed by atoms with Gasteiger partial charge in [0.05, 0.1) is 5.69 Å². The zero-order valence-corrected chi connectivity index (χ0v) is 12.7. The number of anilines is 2. The standard InChI is InChI=1S/C13H22N8O/c1-6-11(20-21-19-6)12(22)16-8-3-7(4-8)9-5-10(15-2)18-13(14)17-9/h5-8,11,19-21H,3-4H2,1-2H3,(H,16,22)(H3,14,15,17,18). The van der Waals surface area contributed by atoms with Crippen molar-refractivity contribution in [2.45, 2.75) is 43.8 Å². The summed E-state index contributed by atoms with van der Waals surface area (Å²) in [6.45, 7) is 1.95. The van der Waals surface area contributed by atoms with E-state index in [4.69, 9.17) is 5.73 Å². The van der Waals surface area contributed by atoms with Crippen LogP contribution in [0.15, 0.2) is 6.07 Å². The van der Waals surface area contributed by atoms with E-state index in [1.807, 2.05) is 13.0 Å². The molecular weight excluding hydrogens is 284 g/mol. The fourth-order valence-corrected chi connectivity index (χ4v) is 2.82. The molecule has 1 aromatic rings. The minimum absolute atomic E-state index is 0.00608. The van der Waals surface area contributed by atoms with Crippen molar-refractivity contribution in [3.8, 4) is 0 Å². The number of nitrogens with zero attached hydrogens (tertiary/aromatic N) is 2. The number of amides is 1. The van der Waals surface area contributed by atoms with E-state index in [1.165, 1.54) is 0 Å². The van der Waals surface area contributed by atoms with Gasteiger partial charge in [0.2, 0.25) is 11.9 Å². The van der Waals surface area contributed by atoms with Gasteiger partial charge >= 0.3 is 0 Å². The van der Waals surface area contributed by atoms with Crippen molar-refractivity contribution in [3.63, 3.8) is 0 Å². The lowest BCUT2D eigenvalue weighted by Crippen LogP contribution is -2.52. The Morgan fingerprint density at radius 1 is 1.36 bits per heavy atom. The van der Waals surface area contributed by atoms with Gasteiger partial charge in [-0.05, 0) is 19.8 Å². The largest absolute Gasteiger partial charge is 0.373 e. The summed E-state index contributed by atoms with van der Waals surface area (Å²) in [6.07, 6.45) is 1.74.